The second kappa shape index (κ2) is 4.29. The monoisotopic (exact) mass is 180 g/mol. The fourth-order valence-corrected chi connectivity index (χ4v) is 0.689. The summed E-state index contributed by atoms with van der Waals surface area (Å²) in [4.78, 5) is 0. The Morgan fingerprint density at radius 2 is 1.91 bits per heavy atom. The van der Waals surface area contributed by atoms with Gasteiger partial charge < -0.3 is 9.84 Å². The van der Waals surface area contributed by atoms with Crippen molar-refractivity contribution in [1.29, 1.82) is 0 Å². The topological polar surface area (TPSA) is 29.5 Å². The zero-order valence-corrected chi connectivity index (χ0v) is 8.35. The van der Waals surface area contributed by atoms with E-state index < -0.39 is 6.29 Å². The first kappa shape index (κ1) is 11.2. The lowest BCUT2D eigenvalue weighted by Gasteiger charge is -2.26. The smallest absolute Gasteiger partial charge is 0.171 e. The van der Waals surface area contributed by atoms with Gasteiger partial charge in [0.2, 0.25) is 0 Å². The van der Waals surface area contributed by atoms with Gasteiger partial charge in [0.25, 0.3) is 0 Å². The Hall–Kier alpha value is 0.210. The summed E-state index contributed by atoms with van der Waals surface area (Å²) in [5.41, 5.74) is -0.332. The molecule has 0 heterocycles. The first-order chi connectivity index (χ1) is 4.87. The summed E-state index contributed by atoms with van der Waals surface area (Å²) < 4.78 is 5.21. The van der Waals surface area contributed by atoms with Crippen LogP contribution in [0.25, 0.3) is 0 Å². The van der Waals surface area contributed by atoms with E-state index in [1.165, 1.54) is 0 Å². The minimum absolute atomic E-state index is 0.311. The molecule has 11 heavy (non-hydrogen) atoms. The van der Waals surface area contributed by atoms with Gasteiger partial charge in [-0.3, -0.25) is 0 Å². The van der Waals surface area contributed by atoms with Gasteiger partial charge in [0.1, 0.15) is 0 Å². The van der Waals surface area contributed by atoms with Crippen molar-refractivity contribution in [3.8, 4) is 0 Å². The predicted molar refractivity (Wildman–Crippen MR) is 46.8 cm³/mol. The Morgan fingerprint density at radius 3 is 2.18 bits per heavy atom. The van der Waals surface area contributed by atoms with Crippen LogP contribution in [0.2, 0.25) is 0 Å². The number of rotatable bonds is 3. The Labute approximate surface area is 73.5 Å². The van der Waals surface area contributed by atoms with Crippen LogP contribution in [0, 0.1) is 0 Å². The molecule has 2 nitrogen and oxygen atoms in total. The van der Waals surface area contributed by atoms with E-state index in [1.54, 1.807) is 0 Å². The van der Waals surface area contributed by atoms with Crippen molar-refractivity contribution in [2.45, 2.75) is 51.4 Å². The summed E-state index contributed by atoms with van der Waals surface area (Å²) in [6.45, 7) is 7.56. The molecule has 0 saturated heterocycles. The number of ether oxygens (including phenoxy) is 1. The van der Waals surface area contributed by atoms with Crippen LogP contribution >= 0.6 is 11.6 Å². The molecule has 0 rings (SSSR count). The lowest BCUT2D eigenvalue weighted by molar-refractivity contribution is -0.165. The summed E-state index contributed by atoms with van der Waals surface area (Å²) in [7, 11) is 0. The maximum Gasteiger partial charge on any atom is 0.171 e. The van der Waals surface area contributed by atoms with Gasteiger partial charge in [-0.1, -0.05) is 6.92 Å². The number of halogens is 1. The minimum Gasteiger partial charge on any atom is -0.367 e. The third-order valence-electron chi connectivity index (χ3n) is 1.17. The summed E-state index contributed by atoms with van der Waals surface area (Å²) in [6.07, 6.45) is -0.152. The van der Waals surface area contributed by atoms with Crippen LogP contribution in [0.5, 0.6) is 0 Å². The summed E-state index contributed by atoms with van der Waals surface area (Å²) in [6, 6.07) is 0. The Bertz CT molecular complexity index is 109. The van der Waals surface area contributed by atoms with E-state index >= 15 is 0 Å². The van der Waals surface area contributed by atoms with E-state index in [0.717, 1.165) is 0 Å². The van der Waals surface area contributed by atoms with Crippen LogP contribution in [0.4, 0.5) is 0 Å². The lowest BCUT2D eigenvalue weighted by atomic mass is 10.2. The Balaban J connectivity index is 3.77. The van der Waals surface area contributed by atoms with Crippen LogP contribution in [-0.4, -0.2) is 22.4 Å². The SMILES string of the molecule is CCC(Cl)C(O)OC(C)(C)C. The molecule has 68 valence electrons. The quantitative estimate of drug-likeness (QED) is 0.533. The highest BCUT2D eigenvalue weighted by Crippen LogP contribution is 2.16. The van der Waals surface area contributed by atoms with Gasteiger partial charge >= 0.3 is 0 Å². The van der Waals surface area contributed by atoms with Crippen molar-refractivity contribution in [3.05, 3.63) is 0 Å². The molecule has 0 aliphatic heterocycles. The highest BCUT2D eigenvalue weighted by Gasteiger charge is 2.21. The average molecular weight is 181 g/mol. The van der Waals surface area contributed by atoms with E-state index in [0.29, 0.717) is 6.42 Å². The van der Waals surface area contributed by atoms with Gasteiger partial charge in [-0.2, -0.15) is 0 Å². The van der Waals surface area contributed by atoms with E-state index in [1.807, 2.05) is 27.7 Å². The molecule has 0 aliphatic carbocycles. The molecule has 0 aromatic rings. The van der Waals surface area contributed by atoms with Crippen LogP contribution < -0.4 is 0 Å². The van der Waals surface area contributed by atoms with Crippen molar-refractivity contribution in [3.63, 3.8) is 0 Å². The lowest BCUT2D eigenvalue weighted by Crippen LogP contribution is -2.33. The first-order valence-electron chi connectivity index (χ1n) is 3.86. The summed E-state index contributed by atoms with van der Waals surface area (Å²) in [5, 5.41) is 8.99. The van der Waals surface area contributed by atoms with E-state index in [9.17, 15) is 5.11 Å². The second-order valence-electron chi connectivity index (χ2n) is 3.55. The van der Waals surface area contributed by atoms with E-state index in [2.05, 4.69) is 0 Å². The second-order valence-corrected chi connectivity index (χ2v) is 4.11. The van der Waals surface area contributed by atoms with Crippen molar-refractivity contribution < 1.29 is 9.84 Å². The molecule has 0 amide bonds. The zero-order valence-electron chi connectivity index (χ0n) is 7.60. The average Bonchev–Trinajstić information content (AvgIpc) is 1.82. The van der Waals surface area contributed by atoms with Gasteiger partial charge in [0.15, 0.2) is 6.29 Å². The molecule has 0 spiro atoms. The molecule has 0 saturated carbocycles. The number of hydrogen-bond acceptors (Lipinski definition) is 2. The Kier molecular flexibility index (Phi) is 4.37. The molecule has 1 N–H and O–H groups in total. The largest absolute Gasteiger partial charge is 0.367 e. The molecule has 3 heteroatoms. The molecular weight excluding hydrogens is 164 g/mol. The molecule has 0 aromatic carbocycles. The maximum absolute atomic E-state index is 9.30. The van der Waals surface area contributed by atoms with Crippen LogP contribution in [0.3, 0.4) is 0 Å². The number of hydrogen-bond donors (Lipinski definition) is 1. The standard InChI is InChI=1S/C8H17ClO2/c1-5-6(9)7(10)11-8(2,3)4/h6-7,10H,5H2,1-4H3. The van der Waals surface area contributed by atoms with Gasteiger partial charge in [-0.15, -0.1) is 11.6 Å². The summed E-state index contributed by atoms with van der Waals surface area (Å²) in [5.74, 6) is 0. The van der Waals surface area contributed by atoms with Gasteiger partial charge in [0.05, 0.1) is 11.0 Å². The first-order valence-corrected chi connectivity index (χ1v) is 4.30. The number of aliphatic hydroxyl groups excluding tert-OH is 1. The van der Waals surface area contributed by atoms with Crippen molar-refractivity contribution in [2.75, 3.05) is 0 Å². The van der Waals surface area contributed by atoms with Crippen molar-refractivity contribution in [1.82, 2.24) is 0 Å². The highest BCUT2D eigenvalue weighted by atomic mass is 35.5. The summed E-state index contributed by atoms with van der Waals surface area (Å²) >= 11 is 5.75. The molecule has 0 aliphatic rings. The molecule has 2 atom stereocenters. The number of aliphatic hydroxyl groups is 1. The van der Waals surface area contributed by atoms with Gasteiger partial charge in [0, 0.05) is 0 Å². The number of alkyl halides is 1. The van der Waals surface area contributed by atoms with Gasteiger partial charge in [-0.05, 0) is 27.2 Å². The molecule has 0 fully saturated rings. The Morgan fingerprint density at radius 1 is 1.45 bits per heavy atom. The normalized spacial score (nSPS) is 18.0. The predicted octanol–water partition coefficient (Wildman–Crippen LogP) is 2.14. The molecule has 0 radical (unpaired) electrons. The van der Waals surface area contributed by atoms with E-state index in [-0.39, 0.29) is 11.0 Å². The molecule has 0 bridgehead atoms. The van der Waals surface area contributed by atoms with Crippen LogP contribution in [0.15, 0.2) is 0 Å². The molecular formula is C8H17ClO2. The fraction of sp³-hybridized carbons (Fsp3) is 1.00. The van der Waals surface area contributed by atoms with E-state index in [4.69, 9.17) is 16.3 Å². The fourth-order valence-electron chi connectivity index (χ4n) is 0.638. The maximum atomic E-state index is 9.30. The van der Waals surface area contributed by atoms with Crippen molar-refractivity contribution in [2.24, 2.45) is 0 Å². The highest BCUT2D eigenvalue weighted by molar-refractivity contribution is 6.20. The third kappa shape index (κ3) is 5.48. The van der Waals surface area contributed by atoms with Crippen LogP contribution in [-0.2, 0) is 4.74 Å². The third-order valence-corrected chi connectivity index (χ3v) is 1.70. The van der Waals surface area contributed by atoms with Crippen LogP contribution in [0.1, 0.15) is 34.1 Å². The minimum atomic E-state index is -0.860. The zero-order chi connectivity index (χ0) is 9.07. The molecule has 0 aromatic heterocycles. The van der Waals surface area contributed by atoms with Crippen molar-refractivity contribution >= 4 is 11.6 Å². The van der Waals surface area contributed by atoms with Gasteiger partial charge in [-0.25, -0.2) is 0 Å². The molecule has 2 unspecified atom stereocenters.